The first-order valence-electron chi connectivity index (χ1n) is 8.20. The molecular weight excluding hydrogens is 338 g/mol. The van der Waals surface area contributed by atoms with Crippen LogP contribution in [0.3, 0.4) is 0 Å². The van der Waals surface area contributed by atoms with Gasteiger partial charge in [-0.3, -0.25) is 9.36 Å². The van der Waals surface area contributed by atoms with Gasteiger partial charge in [0.1, 0.15) is 11.3 Å². The second kappa shape index (κ2) is 7.76. The molecule has 0 aliphatic carbocycles. The number of H-pyrrole nitrogens is 1. The summed E-state index contributed by atoms with van der Waals surface area (Å²) in [5, 5.41) is 10.1. The van der Waals surface area contributed by atoms with Gasteiger partial charge in [0.25, 0.3) is 5.56 Å². The van der Waals surface area contributed by atoms with E-state index in [0.717, 1.165) is 12.2 Å². The van der Waals surface area contributed by atoms with Crippen molar-refractivity contribution < 1.29 is 9.84 Å². The molecule has 0 saturated heterocycles. The van der Waals surface area contributed by atoms with Gasteiger partial charge in [-0.1, -0.05) is 11.8 Å². The van der Waals surface area contributed by atoms with Crippen LogP contribution in [0.5, 0.6) is 5.75 Å². The van der Waals surface area contributed by atoms with Crippen molar-refractivity contribution in [2.75, 3.05) is 12.4 Å². The van der Waals surface area contributed by atoms with Gasteiger partial charge in [-0.25, -0.2) is 4.98 Å². The van der Waals surface area contributed by atoms with Crippen molar-refractivity contribution in [2.24, 2.45) is 0 Å². The van der Waals surface area contributed by atoms with Gasteiger partial charge in [0, 0.05) is 18.6 Å². The predicted molar refractivity (Wildman–Crippen MR) is 99.8 cm³/mol. The SMILES string of the molecule is CC(C)OCCCSc1nc2cc[nH]c2c(=O)n1-c1ccc(O)cc1. The minimum Gasteiger partial charge on any atom is -0.508 e. The number of aromatic amines is 1. The zero-order valence-corrected chi connectivity index (χ0v) is 15.0. The number of benzene rings is 1. The first kappa shape index (κ1) is 17.6. The molecule has 0 unspecified atom stereocenters. The number of nitrogens with one attached hydrogen (secondary N) is 1. The summed E-state index contributed by atoms with van der Waals surface area (Å²) >= 11 is 1.53. The van der Waals surface area contributed by atoms with Gasteiger partial charge in [-0.15, -0.1) is 0 Å². The number of phenolic OH excluding ortho intramolecular Hbond substituents is 1. The van der Waals surface area contributed by atoms with Crippen molar-refractivity contribution in [3.63, 3.8) is 0 Å². The van der Waals surface area contributed by atoms with Crippen molar-refractivity contribution in [1.29, 1.82) is 0 Å². The van der Waals surface area contributed by atoms with E-state index in [1.807, 2.05) is 13.8 Å². The zero-order chi connectivity index (χ0) is 17.8. The van der Waals surface area contributed by atoms with Crippen molar-refractivity contribution in [3.05, 3.63) is 46.9 Å². The Bertz CT molecular complexity index is 900. The number of hydrogen-bond acceptors (Lipinski definition) is 5. The molecule has 0 atom stereocenters. The molecule has 0 spiro atoms. The number of phenols is 1. The summed E-state index contributed by atoms with van der Waals surface area (Å²) in [5.41, 5.74) is 1.65. The lowest BCUT2D eigenvalue weighted by Gasteiger charge is -2.12. The summed E-state index contributed by atoms with van der Waals surface area (Å²) in [5.74, 6) is 0.957. The van der Waals surface area contributed by atoms with Gasteiger partial charge in [0.15, 0.2) is 5.16 Å². The third-order valence-corrected chi connectivity index (χ3v) is 4.65. The summed E-state index contributed by atoms with van der Waals surface area (Å²) in [7, 11) is 0. The molecule has 3 rings (SSSR count). The maximum Gasteiger partial charge on any atom is 0.283 e. The van der Waals surface area contributed by atoms with Crippen LogP contribution >= 0.6 is 11.8 Å². The number of fused-ring (bicyclic) bond motifs is 1. The summed E-state index contributed by atoms with van der Waals surface area (Å²) in [6.07, 6.45) is 2.81. The Balaban J connectivity index is 1.91. The van der Waals surface area contributed by atoms with Crippen LogP contribution in [0.15, 0.2) is 46.5 Å². The number of thioether (sulfide) groups is 1. The fraction of sp³-hybridized carbons (Fsp3) is 0.333. The second-order valence-corrected chi connectivity index (χ2v) is 6.97. The lowest BCUT2D eigenvalue weighted by atomic mass is 10.3. The first-order valence-corrected chi connectivity index (χ1v) is 9.19. The minimum atomic E-state index is -0.151. The van der Waals surface area contributed by atoms with Crippen molar-refractivity contribution >= 4 is 22.8 Å². The van der Waals surface area contributed by atoms with E-state index in [0.29, 0.717) is 28.5 Å². The Morgan fingerprint density at radius 1 is 1.28 bits per heavy atom. The summed E-state index contributed by atoms with van der Waals surface area (Å²) < 4.78 is 7.13. The first-order chi connectivity index (χ1) is 12.1. The number of ether oxygens (including phenoxy) is 1. The molecule has 132 valence electrons. The summed E-state index contributed by atoms with van der Waals surface area (Å²) in [4.78, 5) is 20.4. The number of aromatic nitrogens is 3. The second-order valence-electron chi connectivity index (χ2n) is 5.91. The highest BCUT2D eigenvalue weighted by Gasteiger charge is 2.14. The van der Waals surface area contributed by atoms with Gasteiger partial charge in [-0.2, -0.15) is 0 Å². The maximum atomic E-state index is 12.9. The Labute approximate surface area is 149 Å². The topological polar surface area (TPSA) is 80.1 Å². The lowest BCUT2D eigenvalue weighted by molar-refractivity contribution is 0.0799. The summed E-state index contributed by atoms with van der Waals surface area (Å²) in [6.45, 7) is 4.70. The monoisotopic (exact) mass is 359 g/mol. The van der Waals surface area contributed by atoms with Crippen LogP contribution in [-0.4, -0.2) is 38.1 Å². The van der Waals surface area contributed by atoms with Crippen LogP contribution in [0.2, 0.25) is 0 Å². The zero-order valence-electron chi connectivity index (χ0n) is 14.2. The van der Waals surface area contributed by atoms with Crippen LogP contribution in [0, 0.1) is 0 Å². The number of nitrogens with zero attached hydrogens (tertiary/aromatic N) is 2. The fourth-order valence-corrected chi connectivity index (χ4v) is 3.37. The van der Waals surface area contributed by atoms with E-state index in [4.69, 9.17) is 4.74 Å². The highest BCUT2D eigenvalue weighted by atomic mass is 32.2. The molecule has 2 heterocycles. The molecule has 0 fully saturated rings. The van der Waals surface area contributed by atoms with E-state index < -0.39 is 0 Å². The average molecular weight is 359 g/mol. The van der Waals surface area contributed by atoms with Crippen LogP contribution in [0.4, 0.5) is 0 Å². The smallest absolute Gasteiger partial charge is 0.283 e. The van der Waals surface area contributed by atoms with E-state index in [1.165, 1.54) is 11.8 Å². The van der Waals surface area contributed by atoms with E-state index in [1.54, 1.807) is 41.1 Å². The predicted octanol–water partition coefficient (Wildman–Crippen LogP) is 3.33. The molecule has 2 aromatic heterocycles. The molecule has 3 aromatic rings. The number of aromatic hydroxyl groups is 1. The van der Waals surface area contributed by atoms with E-state index >= 15 is 0 Å². The molecule has 2 N–H and O–H groups in total. The standard InChI is InChI=1S/C18H21N3O3S/c1-12(2)24-10-3-11-25-18-20-15-8-9-19-16(15)17(23)21(18)13-4-6-14(22)7-5-13/h4-9,12,19,22H,3,10-11H2,1-2H3. The Hall–Kier alpha value is -2.25. The fourth-order valence-electron chi connectivity index (χ4n) is 2.45. The average Bonchev–Trinajstić information content (AvgIpc) is 3.04. The molecule has 1 aromatic carbocycles. The van der Waals surface area contributed by atoms with E-state index in [9.17, 15) is 9.90 Å². The van der Waals surface area contributed by atoms with Crippen molar-refractivity contribution in [2.45, 2.75) is 31.5 Å². The Morgan fingerprint density at radius 3 is 2.76 bits per heavy atom. The van der Waals surface area contributed by atoms with E-state index in [2.05, 4.69) is 9.97 Å². The van der Waals surface area contributed by atoms with Crippen LogP contribution in [0.25, 0.3) is 16.7 Å². The van der Waals surface area contributed by atoms with Crippen molar-refractivity contribution in [3.8, 4) is 11.4 Å². The Kier molecular flexibility index (Phi) is 5.45. The third kappa shape index (κ3) is 4.05. The number of rotatable bonds is 7. The highest BCUT2D eigenvalue weighted by molar-refractivity contribution is 7.99. The van der Waals surface area contributed by atoms with Gasteiger partial charge in [0.05, 0.1) is 17.3 Å². The number of hydrogen-bond donors (Lipinski definition) is 2. The molecule has 0 amide bonds. The Morgan fingerprint density at radius 2 is 2.04 bits per heavy atom. The molecule has 25 heavy (non-hydrogen) atoms. The highest BCUT2D eigenvalue weighted by Crippen LogP contribution is 2.22. The van der Waals surface area contributed by atoms with Gasteiger partial charge in [-0.05, 0) is 50.6 Å². The molecule has 7 heteroatoms. The quantitative estimate of drug-likeness (QED) is 0.384. The van der Waals surface area contributed by atoms with Gasteiger partial charge < -0.3 is 14.8 Å². The molecule has 0 saturated carbocycles. The van der Waals surface area contributed by atoms with E-state index in [-0.39, 0.29) is 17.4 Å². The molecular formula is C18H21N3O3S. The van der Waals surface area contributed by atoms with Crippen LogP contribution in [0.1, 0.15) is 20.3 Å². The molecule has 6 nitrogen and oxygen atoms in total. The minimum absolute atomic E-state index is 0.151. The molecule has 0 aliphatic rings. The third-order valence-electron chi connectivity index (χ3n) is 3.63. The van der Waals surface area contributed by atoms with Crippen molar-refractivity contribution in [1.82, 2.24) is 14.5 Å². The molecule has 0 bridgehead atoms. The lowest BCUT2D eigenvalue weighted by Crippen LogP contribution is -2.21. The summed E-state index contributed by atoms with van der Waals surface area (Å²) in [6, 6.07) is 8.33. The molecule has 0 radical (unpaired) electrons. The largest absolute Gasteiger partial charge is 0.508 e. The molecule has 0 aliphatic heterocycles. The van der Waals surface area contributed by atoms with Crippen LogP contribution < -0.4 is 5.56 Å². The van der Waals surface area contributed by atoms with Crippen LogP contribution in [-0.2, 0) is 4.74 Å². The van der Waals surface area contributed by atoms with Gasteiger partial charge in [0.2, 0.25) is 0 Å². The van der Waals surface area contributed by atoms with Gasteiger partial charge >= 0.3 is 0 Å². The normalized spacial score (nSPS) is 11.5. The maximum absolute atomic E-state index is 12.9.